The molecule has 0 radical (unpaired) electrons. The van der Waals surface area contributed by atoms with Gasteiger partial charge in [0.25, 0.3) is 5.91 Å². The Hall–Kier alpha value is -1.57. The highest BCUT2D eigenvalue weighted by molar-refractivity contribution is 5.92. The molecule has 2 heterocycles. The molecule has 1 N–H and O–H groups in total. The first kappa shape index (κ1) is 13.9. The van der Waals surface area contributed by atoms with Gasteiger partial charge >= 0.3 is 6.18 Å². The Kier molecular flexibility index (Phi) is 3.79. The van der Waals surface area contributed by atoms with E-state index in [2.05, 4.69) is 9.68 Å². The summed E-state index contributed by atoms with van der Waals surface area (Å²) >= 11 is 0. The molecule has 2 rings (SSSR count). The zero-order chi connectivity index (χ0) is 14.0. The van der Waals surface area contributed by atoms with E-state index in [9.17, 15) is 18.0 Å². The maximum absolute atomic E-state index is 12.4. The quantitative estimate of drug-likeness (QED) is 0.889. The maximum atomic E-state index is 12.4. The van der Waals surface area contributed by atoms with Gasteiger partial charge in [0.05, 0.1) is 0 Å². The number of alkyl halides is 3. The van der Waals surface area contributed by atoms with Crippen LogP contribution >= 0.6 is 0 Å². The minimum absolute atomic E-state index is 0.115. The summed E-state index contributed by atoms with van der Waals surface area (Å²) in [5.74, 6) is -1.23. The summed E-state index contributed by atoms with van der Waals surface area (Å²) in [6.45, 7) is 0.340. The lowest BCUT2D eigenvalue weighted by molar-refractivity contribution is -0.222. The average molecular weight is 278 g/mol. The zero-order valence-corrected chi connectivity index (χ0v) is 9.93. The van der Waals surface area contributed by atoms with Crippen molar-refractivity contribution in [3.8, 4) is 0 Å². The molecule has 1 fully saturated rings. The van der Waals surface area contributed by atoms with E-state index in [4.69, 9.17) is 5.11 Å². The normalized spacial score (nSPS) is 19.5. The number of aliphatic hydroxyl groups is 1. The van der Waals surface area contributed by atoms with Crippen molar-refractivity contribution < 1.29 is 27.6 Å². The SMILES string of the molecule is O=C(c1ccon1)N1CCC(C(O)C(F)(F)F)CC1. The van der Waals surface area contributed by atoms with Crippen molar-refractivity contribution in [3.63, 3.8) is 0 Å². The van der Waals surface area contributed by atoms with E-state index < -0.39 is 18.2 Å². The van der Waals surface area contributed by atoms with Gasteiger partial charge < -0.3 is 14.5 Å². The number of piperidine rings is 1. The van der Waals surface area contributed by atoms with Gasteiger partial charge in [0.15, 0.2) is 11.8 Å². The van der Waals surface area contributed by atoms with Gasteiger partial charge in [-0.1, -0.05) is 5.16 Å². The second-order valence-electron chi connectivity index (χ2n) is 4.50. The fraction of sp³-hybridized carbons (Fsp3) is 0.636. The number of carbonyl (C=O) groups is 1. The molecule has 106 valence electrons. The van der Waals surface area contributed by atoms with E-state index in [0.29, 0.717) is 0 Å². The Morgan fingerprint density at radius 2 is 2.11 bits per heavy atom. The molecule has 1 aromatic heterocycles. The molecule has 1 unspecified atom stereocenters. The van der Waals surface area contributed by atoms with Crippen LogP contribution in [0.5, 0.6) is 0 Å². The van der Waals surface area contributed by atoms with E-state index in [1.807, 2.05) is 0 Å². The second-order valence-corrected chi connectivity index (χ2v) is 4.50. The fourth-order valence-corrected chi connectivity index (χ4v) is 2.17. The number of carbonyl (C=O) groups excluding carboxylic acids is 1. The van der Waals surface area contributed by atoms with E-state index in [0.717, 1.165) is 0 Å². The first-order valence-electron chi connectivity index (χ1n) is 5.84. The van der Waals surface area contributed by atoms with Crippen LogP contribution in [0.25, 0.3) is 0 Å². The van der Waals surface area contributed by atoms with Gasteiger partial charge in [0, 0.05) is 19.2 Å². The van der Waals surface area contributed by atoms with E-state index in [1.54, 1.807) is 0 Å². The lowest BCUT2D eigenvalue weighted by Gasteiger charge is -2.34. The lowest BCUT2D eigenvalue weighted by atomic mass is 9.91. The molecule has 0 bridgehead atoms. The Morgan fingerprint density at radius 3 is 2.58 bits per heavy atom. The van der Waals surface area contributed by atoms with Gasteiger partial charge in [0.1, 0.15) is 6.26 Å². The Balaban J connectivity index is 1.91. The first-order chi connectivity index (χ1) is 8.89. The summed E-state index contributed by atoms with van der Waals surface area (Å²) in [5, 5.41) is 12.7. The summed E-state index contributed by atoms with van der Waals surface area (Å²) < 4.78 is 41.6. The van der Waals surface area contributed by atoms with Crippen LogP contribution in [0.2, 0.25) is 0 Å². The molecule has 1 amide bonds. The number of aromatic nitrogens is 1. The van der Waals surface area contributed by atoms with Gasteiger partial charge in [-0.2, -0.15) is 13.2 Å². The van der Waals surface area contributed by atoms with Crippen LogP contribution in [0, 0.1) is 5.92 Å². The monoisotopic (exact) mass is 278 g/mol. The standard InChI is InChI=1S/C11H13F3N2O3/c12-11(13,14)9(17)7-1-4-16(5-2-7)10(18)8-3-6-19-15-8/h3,6-7,9,17H,1-2,4-5H2. The number of hydrogen-bond donors (Lipinski definition) is 1. The van der Waals surface area contributed by atoms with Crippen LogP contribution < -0.4 is 0 Å². The van der Waals surface area contributed by atoms with Crippen molar-refractivity contribution in [3.05, 3.63) is 18.0 Å². The van der Waals surface area contributed by atoms with Crippen LogP contribution in [0.4, 0.5) is 13.2 Å². The van der Waals surface area contributed by atoms with Crippen molar-refractivity contribution in [1.29, 1.82) is 0 Å². The maximum Gasteiger partial charge on any atom is 0.414 e. The molecule has 19 heavy (non-hydrogen) atoms. The Morgan fingerprint density at radius 1 is 1.47 bits per heavy atom. The predicted molar refractivity (Wildman–Crippen MR) is 57.2 cm³/mol. The van der Waals surface area contributed by atoms with Crippen molar-refractivity contribution in [2.45, 2.75) is 25.1 Å². The van der Waals surface area contributed by atoms with Crippen LogP contribution in [0.1, 0.15) is 23.3 Å². The van der Waals surface area contributed by atoms with Crippen LogP contribution in [0.15, 0.2) is 16.9 Å². The summed E-state index contributed by atoms with van der Waals surface area (Å²) in [7, 11) is 0. The van der Waals surface area contributed by atoms with Crippen LogP contribution in [-0.4, -0.2) is 46.4 Å². The Bertz CT molecular complexity index is 425. The number of aliphatic hydroxyl groups excluding tert-OH is 1. The van der Waals surface area contributed by atoms with Gasteiger partial charge in [-0.25, -0.2) is 0 Å². The van der Waals surface area contributed by atoms with Gasteiger partial charge in [0.2, 0.25) is 0 Å². The Labute approximate surface area is 107 Å². The smallest absolute Gasteiger partial charge is 0.383 e. The molecule has 1 aromatic rings. The second kappa shape index (κ2) is 5.20. The third-order valence-corrected chi connectivity index (χ3v) is 3.27. The van der Waals surface area contributed by atoms with Crippen molar-refractivity contribution in [2.24, 2.45) is 5.92 Å². The van der Waals surface area contributed by atoms with Crippen molar-refractivity contribution in [2.75, 3.05) is 13.1 Å². The first-order valence-corrected chi connectivity index (χ1v) is 5.84. The fourth-order valence-electron chi connectivity index (χ4n) is 2.17. The molecule has 0 spiro atoms. The highest BCUT2D eigenvalue weighted by atomic mass is 19.4. The molecule has 0 aromatic carbocycles. The summed E-state index contributed by atoms with van der Waals surface area (Å²) in [6.07, 6.45) is -5.44. The highest BCUT2D eigenvalue weighted by Gasteiger charge is 2.44. The van der Waals surface area contributed by atoms with E-state index in [1.165, 1.54) is 17.2 Å². The molecule has 1 atom stereocenters. The molecule has 0 aliphatic carbocycles. The van der Waals surface area contributed by atoms with Crippen LogP contribution in [0.3, 0.4) is 0 Å². The van der Waals surface area contributed by atoms with Gasteiger partial charge in [-0.05, 0) is 18.8 Å². The number of halogens is 3. The van der Waals surface area contributed by atoms with Crippen molar-refractivity contribution >= 4 is 5.91 Å². The number of amides is 1. The van der Waals surface area contributed by atoms with E-state index in [-0.39, 0.29) is 37.5 Å². The minimum Gasteiger partial charge on any atom is -0.383 e. The zero-order valence-electron chi connectivity index (χ0n) is 9.93. The third kappa shape index (κ3) is 3.06. The molecule has 5 nitrogen and oxygen atoms in total. The topological polar surface area (TPSA) is 66.6 Å². The predicted octanol–water partition coefficient (Wildman–Crippen LogP) is 1.45. The molecular weight excluding hydrogens is 265 g/mol. The largest absolute Gasteiger partial charge is 0.414 e. The van der Waals surface area contributed by atoms with Gasteiger partial charge in [-0.15, -0.1) is 0 Å². The summed E-state index contributed by atoms with van der Waals surface area (Å²) in [4.78, 5) is 13.3. The number of hydrogen-bond acceptors (Lipinski definition) is 4. The highest BCUT2D eigenvalue weighted by Crippen LogP contribution is 2.31. The molecule has 0 saturated carbocycles. The summed E-state index contributed by atoms with van der Waals surface area (Å²) in [6, 6.07) is 1.40. The number of likely N-dealkylation sites (tertiary alicyclic amines) is 1. The third-order valence-electron chi connectivity index (χ3n) is 3.27. The average Bonchev–Trinajstić information content (AvgIpc) is 2.90. The summed E-state index contributed by atoms with van der Waals surface area (Å²) in [5.41, 5.74) is 0.134. The van der Waals surface area contributed by atoms with Crippen LogP contribution in [-0.2, 0) is 0 Å². The van der Waals surface area contributed by atoms with Gasteiger partial charge in [-0.3, -0.25) is 4.79 Å². The number of nitrogens with zero attached hydrogens (tertiary/aromatic N) is 2. The number of rotatable bonds is 2. The molecular formula is C11H13F3N2O3. The molecule has 1 aliphatic rings. The van der Waals surface area contributed by atoms with E-state index >= 15 is 0 Å². The minimum atomic E-state index is -4.61. The lowest BCUT2D eigenvalue weighted by Crippen LogP contribution is -2.45. The molecule has 8 heteroatoms. The van der Waals surface area contributed by atoms with Crippen molar-refractivity contribution in [1.82, 2.24) is 10.1 Å². The molecule has 1 saturated heterocycles. The molecule has 1 aliphatic heterocycles.